The van der Waals surface area contributed by atoms with Crippen molar-refractivity contribution in [3.05, 3.63) is 54.1 Å². The maximum Gasteiger partial charge on any atom is 0.254 e. The van der Waals surface area contributed by atoms with Gasteiger partial charge in [0.2, 0.25) is 0 Å². The zero-order valence-corrected chi connectivity index (χ0v) is 17.0. The minimum absolute atomic E-state index is 0.00759. The van der Waals surface area contributed by atoms with Gasteiger partial charge >= 0.3 is 0 Å². The number of nitrogens with one attached hydrogen (secondary N) is 1. The van der Waals surface area contributed by atoms with Gasteiger partial charge in [0.05, 0.1) is 11.6 Å². The van der Waals surface area contributed by atoms with E-state index in [1.807, 2.05) is 5.97 Å². The van der Waals surface area contributed by atoms with E-state index in [1.165, 1.54) is 19.5 Å². The predicted molar refractivity (Wildman–Crippen MR) is 112 cm³/mol. The highest BCUT2D eigenvalue weighted by Crippen LogP contribution is 2.16. The van der Waals surface area contributed by atoms with Gasteiger partial charge in [-0.3, -0.25) is 14.6 Å². The van der Waals surface area contributed by atoms with Gasteiger partial charge in [0.15, 0.2) is 17.3 Å². The number of nitriles is 1. The lowest BCUT2D eigenvalue weighted by Gasteiger charge is -2.18. The third-order valence-electron chi connectivity index (χ3n) is 4.16. The van der Waals surface area contributed by atoms with Crippen LogP contribution in [-0.4, -0.2) is 36.6 Å². The summed E-state index contributed by atoms with van der Waals surface area (Å²) in [6.45, 7) is -0.370. The number of ketones is 1. The van der Waals surface area contributed by atoms with E-state index < -0.39 is 17.8 Å². The van der Waals surface area contributed by atoms with E-state index in [0.717, 1.165) is 0 Å². The minimum Gasteiger partial charge on any atom is -0.482 e. The highest BCUT2D eigenvalue weighted by Gasteiger charge is 2.22. The lowest BCUT2D eigenvalue weighted by molar-refractivity contribution is -0.123. The fraction of sp³-hybridized carbons (Fsp3) is 0.300. The SMILES string of the molecule is N#C[B]CCCC[C@H](NC(=O)c1cccnc1)C(=O)COc1c(F)cccc1P. The van der Waals surface area contributed by atoms with E-state index in [2.05, 4.69) is 19.5 Å². The minimum atomic E-state index is -0.787. The van der Waals surface area contributed by atoms with Crippen molar-refractivity contribution in [3.8, 4) is 11.7 Å². The number of para-hydroxylation sites is 1. The van der Waals surface area contributed by atoms with Crippen LogP contribution in [0.5, 0.6) is 5.75 Å². The number of hydrogen-bond acceptors (Lipinski definition) is 5. The largest absolute Gasteiger partial charge is 0.482 e. The Morgan fingerprint density at radius 2 is 2.14 bits per heavy atom. The molecule has 1 amide bonds. The molecule has 0 bridgehead atoms. The van der Waals surface area contributed by atoms with Crippen molar-refractivity contribution < 1.29 is 18.7 Å². The van der Waals surface area contributed by atoms with Gasteiger partial charge in [-0.15, -0.1) is 9.24 Å². The molecule has 6 nitrogen and oxygen atoms in total. The Hall–Kier alpha value is -2.78. The van der Waals surface area contributed by atoms with E-state index in [0.29, 0.717) is 36.5 Å². The molecule has 0 saturated carbocycles. The number of hydrogen-bond donors (Lipinski definition) is 1. The molecule has 0 aliphatic carbocycles. The molecule has 0 aliphatic heterocycles. The predicted octanol–water partition coefficient (Wildman–Crippen LogP) is 2.24. The highest BCUT2D eigenvalue weighted by molar-refractivity contribution is 7.27. The topological polar surface area (TPSA) is 92.1 Å². The van der Waals surface area contributed by atoms with Crippen molar-refractivity contribution in [1.29, 1.82) is 5.26 Å². The number of nitrogens with zero attached hydrogens (tertiary/aromatic N) is 2. The molecule has 2 rings (SSSR count). The van der Waals surface area contributed by atoms with Crippen molar-refractivity contribution in [1.82, 2.24) is 10.3 Å². The molecule has 1 unspecified atom stereocenters. The first-order chi connectivity index (χ1) is 14.0. The first kappa shape index (κ1) is 22.5. The van der Waals surface area contributed by atoms with Crippen molar-refractivity contribution in [2.75, 3.05) is 6.61 Å². The summed E-state index contributed by atoms with van der Waals surface area (Å²) < 4.78 is 19.3. The number of carbonyl (C=O) groups is 2. The summed E-state index contributed by atoms with van der Waals surface area (Å²) in [4.78, 5) is 29.0. The van der Waals surface area contributed by atoms with Crippen molar-refractivity contribution in [3.63, 3.8) is 0 Å². The fourth-order valence-corrected chi connectivity index (χ4v) is 2.97. The van der Waals surface area contributed by atoms with E-state index in [9.17, 15) is 14.0 Å². The maximum atomic E-state index is 13.9. The molecule has 1 N–H and O–H groups in total. The average molecular weight is 412 g/mol. The van der Waals surface area contributed by atoms with Crippen LogP contribution in [0.4, 0.5) is 4.39 Å². The second-order valence-electron chi connectivity index (χ2n) is 6.30. The number of rotatable bonds is 11. The number of aromatic nitrogens is 1. The van der Waals surface area contributed by atoms with Crippen LogP contribution in [0, 0.1) is 17.0 Å². The standard InChI is InChI=1S/C20H21BFN3O3P/c22-15-6-3-8-18(29)19(15)28-12-17(26)16(7-1-2-9-21-13-23)25-20(27)14-5-4-10-24-11-14/h3-6,8,10-11,16H,1-2,7,9,12,29H2,(H,25,27)/t16-/m0/s1. The molecule has 2 atom stereocenters. The van der Waals surface area contributed by atoms with Crippen LogP contribution in [0.3, 0.4) is 0 Å². The van der Waals surface area contributed by atoms with Crippen LogP contribution >= 0.6 is 9.24 Å². The monoisotopic (exact) mass is 412 g/mol. The zero-order chi connectivity index (χ0) is 21.1. The second-order valence-corrected chi connectivity index (χ2v) is 6.92. The first-order valence-electron chi connectivity index (χ1n) is 9.14. The van der Waals surface area contributed by atoms with E-state index in [-0.39, 0.29) is 18.1 Å². The molecular formula is C20H21BFN3O3P. The van der Waals surface area contributed by atoms with Crippen molar-refractivity contribution in [2.45, 2.75) is 31.6 Å². The molecule has 2 aromatic rings. The smallest absolute Gasteiger partial charge is 0.254 e. The third-order valence-corrected chi connectivity index (χ3v) is 4.61. The number of unbranched alkanes of at least 4 members (excludes halogenated alkanes) is 1. The maximum absolute atomic E-state index is 13.9. The molecule has 1 radical (unpaired) electrons. The van der Waals surface area contributed by atoms with E-state index in [1.54, 1.807) is 30.5 Å². The Kier molecular flexibility index (Phi) is 9.26. The van der Waals surface area contributed by atoms with Crippen LogP contribution in [-0.2, 0) is 4.79 Å². The number of benzene rings is 1. The van der Waals surface area contributed by atoms with Gasteiger partial charge in [0.25, 0.3) is 13.2 Å². The molecule has 1 heterocycles. The molecule has 0 aliphatic rings. The highest BCUT2D eigenvalue weighted by atomic mass is 31.0. The second kappa shape index (κ2) is 11.9. The van der Waals surface area contributed by atoms with Crippen molar-refractivity contribution >= 4 is 33.5 Å². The van der Waals surface area contributed by atoms with Gasteiger partial charge in [-0.1, -0.05) is 31.3 Å². The average Bonchev–Trinajstić information content (AvgIpc) is 2.72. The summed E-state index contributed by atoms with van der Waals surface area (Å²) in [7, 11) is 3.85. The van der Waals surface area contributed by atoms with Crippen LogP contribution in [0.2, 0.25) is 6.32 Å². The van der Waals surface area contributed by atoms with Crippen LogP contribution in [0.1, 0.15) is 29.6 Å². The molecule has 0 saturated heterocycles. The Morgan fingerprint density at radius 3 is 2.83 bits per heavy atom. The van der Waals surface area contributed by atoms with Gasteiger partial charge in [-0.05, 0) is 30.6 Å². The van der Waals surface area contributed by atoms with Crippen molar-refractivity contribution in [2.24, 2.45) is 0 Å². The van der Waals surface area contributed by atoms with E-state index in [4.69, 9.17) is 10.00 Å². The first-order valence-corrected chi connectivity index (χ1v) is 9.72. The molecule has 9 heteroatoms. The number of halogens is 1. The zero-order valence-electron chi connectivity index (χ0n) is 15.8. The summed E-state index contributed by atoms with van der Waals surface area (Å²) in [5.74, 6) is 0.605. The van der Waals surface area contributed by atoms with E-state index >= 15 is 0 Å². The number of ether oxygens (including phenoxy) is 1. The normalized spacial score (nSPS) is 11.2. The Labute approximate surface area is 172 Å². The lowest BCUT2D eigenvalue weighted by atomic mass is 9.75. The molecule has 29 heavy (non-hydrogen) atoms. The lowest BCUT2D eigenvalue weighted by Crippen LogP contribution is -2.43. The Balaban J connectivity index is 2.01. The van der Waals surface area contributed by atoms with Gasteiger partial charge in [0.1, 0.15) is 6.61 Å². The molecule has 1 aromatic carbocycles. The molecule has 0 spiro atoms. The molecule has 149 valence electrons. The molecular weight excluding hydrogens is 391 g/mol. The fourth-order valence-electron chi connectivity index (χ4n) is 2.63. The van der Waals surface area contributed by atoms with Gasteiger partial charge < -0.3 is 10.1 Å². The van der Waals surface area contributed by atoms with Crippen LogP contribution in [0.25, 0.3) is 0 Å². The quantitative estimate of drug-likeness (QED) is 0.347. The summed E-state index contributed by atoms with van der Waals surface area (Å²) >= 11 is 0. The number of Topliss-reactive ketones (excluding diaryl/α,β-unsaturated/α-hetero) is 1. The van der Waals surface area contributed by atoms with Gasteiger partial charge in [0, 0.05) is 17.7 Å². The summed E-state index contributed by atoms with van der Waals surface area (Å²) in [5.41, 5.74) is 0.338. The van der Waals surface area contributed by atoms with Gasteiger partial charge in [-0.2, -0.15) is 0 Å². The molecule has 1 aromatic heterocycles. The summed E-state index contributed by atoms with van der Waals surface area (Å²) in [5, 5.41) is 11.8. The summed E-state index contributed by atoms with van der Waals surface area (Å²) in [6.07, 6.45) is 5.30. The number of pyridine rings is 1. The Bertz CT molecular complexity index is 857. The number of amides is 1. The number of carbonyl (C=O) groups excluding carboxylic acids is 2. The van der Waals surface area contributed by atoms with Crippen LogP contribution < -0.4 is 15.4 Å². The van der Waals surface area contributed by atoms with Crippen LogP contribution in [0.15, 0.2) is 42.7 Å². The Morgan fingerprint density at radius 1 is 1.31 bits per heavy atom. The molecule has 0 fully saturated rings. The van der Waals surface area contributed by atoms with Gasteiger partial charge in [-0.25, -0.2) is 9.65 Å². The third kappa shape index (κ3) is 7.28. The summed E-state index contributed by atoms with van der Waals surface area (Å²) in [6, 6.07) is 6.89.